The minimum absolute atomic E-state index is 0.0490. The van der Waals surface area contributed by atoms with Gasteiger partial charge in [0.25, 0.3) is 5.82 Å². The molecule has 8 heteroatoms. The van der Waals surface area contributed by atoms with Crippen LogP contribution in [0.4, 0.5) is 10.6 Å². The van der Waals surface area contributed by atoms with E-state index in [4.69, 9.17) is 29.8 Å². The van der Waals surface area contributed by atoms with Crippen molar-refractivity contribution in [3.63, 3.8) is 0 Å². The number of benzene rings is 1. The summed E-state index contributed by atoms with van der Waals surface area (Å²) in [5.41, 5.74) is 0.672. The van der Waals surface area contributed by atoms with Crippen LogP contribution in [0.15, 0.2) is 18.2 Å². The summed E-state index contributed by atoms with van der Waals surface area (Å²) in [6, 6.07) is 5.02. The van der Waals surface area contributed by atoms with E-state index in [0.717, 1.165) is 23.9 Å². The Morgan fingerprint density at radius 1 is 1.15 bits per heavy atom. The summed E-state index contributed by atoms with van der Waals surface area (Å²) in [7, 11) is 0. The summed E-state index contributed by atoms with van der Waals surface area (Å²) >= 11 is 12.5. The molecule has 4 rings (SSSR count). The highest BCUT2D eigenvalue weighted by Crippen LogP contribution is 2.39. The molecule has 0 spiro atoms. The summed E-state index contributed by atoms with van der Waals surface area (Å²) in [4.78, 5) is 18.6. The van der Waals surface area contributed by atoms with E-state index >= 15 is 0 Å². The number of carbonyl (C=O) groups is 1. The number of piperidine rings is 1. The molecule has 2 aliphatic rings. The van der Waals surface area contributed by atoms with Gasteiger partial charge in [-0.15, -0.1) is 5.10 Å². The second-order valence-electron chi connectivity index (χ2n) is 7.11. The topological polar surface area (TPSA) is 55.4 Å². The number of nitrogens with zero attached hydrogens (tertiary/aromatic N) is 5. The second kappa shape index (κ2) is 7.49. The number of rotatable bonds is 1. The van der Waals surface area contributed by atoms with Gasteiger partial charge in [-0.05, 0) is 43.7 Å². The van der Waals surface area contributed by atoms with Crippen molar-refractivity contribution in [1.82, 2.24) is 19.9 Å². The lowest BCUT2D eigenvalue weighted by molar-refractivity contribution is 0.0835. The summed E-state index contributed by atoms with van der Waals surface area (Å²) in [6.07, 6.45) is 6.71. The van der Waals surface area contributed by atoms with E-state index in [-0.39, 0.29) is 23.6 Å². The highest BCUT2D eigenvalue weighted by atomic mass is 35.5. The van der Waals surface area contributed by atoms with Gasteiger partial charge in [-0.2, -0.15) is 0 Å². The van der Waals surface area contributed by atoms with Crippen molar-refractivity contribution >= 4 is 35.1 Å². The van der Waals surface area contributed by atoms with E-state index in [1.807, 2.05) is 4.90 Å². The smallest absolute Gasteiger partial charge is 0.360 e. The highest BCUT2D eigenvalue weighted by molar-refractivity contribution is 6.39. The molecule has 140 valence electrons. The third-order valence-electron chi connectivity index (χ3n) is 5.62. The minimum atomic E-state index is -0.278. The first kappa shape index (κ1) is 18.3. The SMILES string of the molecule is [C-]#[N+]c1c(-c2c(Cl)cccc2Cl)nnn1C(=O)N1CCCC2CCCCC21. The molecule has 2 atom stereocenters. The van der Waals surface area contributed by atoms with Crippen LogP contribution in [0.3, 0.4) is 0 Å². The first-order chi connectivity index (χ1) is 13.1. The number of hydrogen-bond donors (Lipinski definition) is 0. The third kappa shape index (κ3) is 3.19. The van der Waals surface area contributed by atoms with Crippen LogP contribution >= 0.6 is 23.2 Å². The number of hydrogen-bond acceptors (Lipinski definition) is 3. The Kier molecular flexibility index (Phi) is 5.07. The van der Waals surface area contributed by atoms with Gasteiger partial charge >= 0.3 is 6.03 Å². The van der Waals surface area contributed by atoms with E-state index in [1.54, 1.807) is 18.2 Å². The number of carbonyl (C=O) groups excluding carboxylic acids is 1. The molecule has 1 saturated carbocycles. The standard InChI is InChI=1S/C19H19Cl2N5O/c1-22-18-17(16-13(20)8-4-9-14(16)21)23-24-26(18)19(27)25-11-5-7-12-6-2-3-10-15(12)25/h4,8-9,12,15H,2-3,5-7,10-11H2. The predicted octanol–water partition coefficient (Wildman–Crippen LogP) is 5.43. The minimum Gasteiger partial charge on any atom is -0.360 e. The van der Waals surface area contributed by atoms with Crippen LogP contribution < -0.4 is 0 Å². The van der Waals surface area contributed by atoms with Gasteiger partial charge in [-0.1, -0.05) is 53.4 Å². The summed E-state index contributed by atoms with van der Waals surface area (Å²) < 4.78 is 1.11. The third-order valence-corrected chi connectivity index (χ3v) is 6.25. The molecule has 1 amide bonds. The van der Waals surface area contributed by atoms with Crippen LogP contribution in [0.25, 0.3) is 16.1 Å². The fourth-order valence-corrected chi connectivity index (χ4v) is 4.95. The number of halogens is 2. The van der Waals surface area contributed by atoms with Crippen molar-refractivity contribution in [1.29, 1.82) is 0 Å². The fraction of sp³-hybridized carbons (Fsp3) is 0.474. The average molecular weight is 404 g/mol. The van der Waals surface area contributed by atoms with Crippen LogP contribution in [0.2, 0.25) is 10.0 Å². The molecule has 0 radical (unpaired) electrons. The van der Waals surface area contributed by atoms with Crippen LogP contribution in [-0.2, 0) is 0 Å². The number of likely N-dealkylation sites (tertiary alicyclic amines) is 1. The molecular weight excluding hydrogens is 385 g/mol. The number of fused-ring (bicyclic) bond motifs is 1. The van der Waals surface area contributed by atoms with Crippen LogP contribution in [0, 0.1) is 12.5 Å². The van der Waals surface area contributed by atoms with E-state index in [0.29, 0.717) is 28.1 Å². The Hall–Kier alpha value is -2.10. The van der Waals surface area contributed by atoms with Crippen molar-refractivity contribution in [2.75, 3.05) is 6.54 Å². The second-order valence-corrected chi connectivity index (χ2v) is 7.93. The Labute approximate surface area is 167 Å². The van der Waals surface area contributed by atoms with E-state index < -0.39 is 0 Å². The first-order valence-electron chi connectivity index (χ1n) is 9.20. The van der Waals surface area contributed by atoms with Gasteiger partial charge in [0.1, 0.15) is 5.69 Å². The first-order valence-corrected chi connectivity index (χ1v) is 9.96. The van der Waals surface area contributed by atoms with Gasteiger partial charge in [-0.3, -0.25) is 0 Å². The maximum absolute atomic E-state index is 13.2. The molecular formula is C19H19Cl2N5O. The molecule has 2 unspecified atom stereocenters. The molecule has 1 saturated heterocycles. The van der Waals surface area contributed by atoms with Crippen LogP contribution in [0.5, 0.6) is 0 Å². The van der Waals surface area contributed by atoms with Gasteiger partial charge < -0.3 is 9.74 Å². The quantitative estimate of drug-likeness (QED) is 0.596. The molecule has 0 N–H and O–H groups in total. The molecule has 1 aliphatic carbocycles. The Bertz CT molecular complexity index is 897. The lowest BCUT2D eigenvalue weighted by Gasteiger charge is -2.42. The highest BCUT2D eigenvalue weighted by Gasteiger charge is 2.39. The molecule has 1 aromatic heterocycles. The molecule has 27 heavy (non-hydrogen) atoms. The normalized spacial score (nSPS) is 22.2. The average Bonchev–Trinajstić information content (AvgIpc) is 3.10. The zero-order chi connectivity index (χ0) is 19.0. The molecule has 1 aromatic carbocycles. The Morgan fingerprint density at radius 2 is 1.85 bits per heavy atom. The Balaban J connectivity index is 1.72. The van der Waals surface area contributed by atoms with Crippen molar-refractivity contribution in [3.05, 3.63) is 39.7 Å². The monoisotopic (exact) mass is 403 g/mol. The van der Waals surface area contributed by atoms with Crippen molar-refractivity contribution in [2.24, 2.45) is 5.92 Å². The van der Waals surface area contributed by atoms with Gasteiger partial charge in [0.15, 0.2) is 0 Å². The van der Waals surface area contributed by atoms with E-state index in [2.05, 4.69) is 15.2 Å². The summed E-state index contributed by atoms with van der Waals surface area (Å²) in [5, 5.41) is 8.83. The number of aromatic nitrogens is 3. The fourth-order valence-electron chi connectivity index (χ4n) is 4.38. The van der Waals surface area contributed by atoms with Crippen molar-refractivity contribution in [2.45, 2.75) is 44.6 Å². The molecule has 1 aliphatic heterocycles. The maximum Gasteiger partial charge on any atom is 0.423 e. The van der Waals surface area contributed by atoms with Crippen molar-refractivity contribution < 1.29 is 4.79 Å². The van der Waals surface area contributed by atoms with Gasteiger partial charge in [0.2, 0.25) is 0 Å². The maximum atomic E-state index is 13.2. The van der Waals surface area contributed by atoms with E-state index in [9.17, 15) is 4.79 Å². The predicted molar refractivity (Wildman–Crippen MR) is 104 cm³/mol. The zero-order valence-electron chi connectivity index (χ0n) is 14.7. The molecule has 2 aromatic rings. The summed E-state index contributed by atoms with van der Waals surface area (Å²) in [5.74, 6) is 0.599. The van der Waals surface area contributed by atoms with E-state index in [1.165, 1.54) is 19.3 Å². The zero-order valence-corrected chi connectivity index (χ0v) is 16.2. The van der Waals surface area contributed by atoms with Crippen LogP contribution in [0.1, 0.15) is 38.5 Å². The molecule has 2 heterocycles. The molecule has 0 bridgehead atoms. The van der Waals surface area contributed by atoms with Crippen molar-refractivity contribution in [3.8, 4) is 11.3 Å². The van der Waals surface area contributed by atoms with Crippen LogP contribution in [-0.4, -0.2) is 38.5 Å². The lowest BCUT2D eigenvalue weighted by Crippen LogP contribution is -2.51. The number of amides is 1. The van der Waals surface area contributed by atoms with Gasteiger partial charge in [-0.25, -0.2) is 4.79 Å². The lowest BCUT2D eigenvalue weighted by atomic mass is 9.78. The van der Waals surface area contributed by atoms with Gasteiger partial charge in [0, 0.05) is 23.4 Å². The summed E-state index contributed by atoms with van der Waals surface area (Å²) in [6.45, 7) is 8.28. The molecule has 2 fully saturated rings. The largest absolute Gasteiger partial charge is 0.423 e. The molecule has 6 nitrogen and oxygen atoms in total. The Morgan fingerprint density at radius 3 is 2.59 bits per heavy atom. The van der Waals surface area contributed by atoms with Gasteiger partial charge in [0.05, 0.1) is 10.0 Å².